The number of pyridine rings is 1. The predicted octanol–water partition coefficient (Wildman–Crippen LogP) is 0.956. The van der Waals surface area contributed by atoms with Gasteiger partial charge in [0.2, 0.25) is 5.91 Å². The molecule has 0 radical (unpaired) electrons. The average molecular weight is 450 g/mol. The summed E-state index contributed by atoms with van der Waals surface area (Å²) in [6.45, 7) is 0.427. The molecule has 0 aliphatic heterocycles. The molecular formula is C20H27N5O5S. The molecule has 0 bridgehead atoms. The van der Waals surface area contributed by atoms with Gasteiger partial charge in [-0.15, -0.1) is 0 Å². The zero-order valence-electron chi connectivity index (χ0n) is 17.0. The maximum atomic E-state index is 12.6. The fourth-order valence-electron chi connectivity index (χ4n) is 2.67. The van der Waals surface area contributed by atoms with E-state index in [1.54, 1.807) is 18.3 Å². The first-order valence-electron chi connectivity index (χ1n) is 9.76. The Morgan fingerprint density at radius 1 is 1.06 bits per heavy atom. The number of carbonyl (C=O) groups excluding carboxylic acids is 2. The van der Waals surface area contributed by atoms with Gasteiger partial charge in [0.05, 0.1) is 12.2 Å². The highest BCUT2D eigenvalue weighted by Crippen LogP contribution is 2.05. The van der Waals surface area contributed by atoms with Crippen LogP contribution in [0, 0.1) is 0 Å². The molecule has 2 rings (SSSR count). The Bertz CT molecular complexity index is 925. The van der Waals surface area contributed by atoms with Crippen LogP contribution >= 0.6 is 0 Å². The number of rotatable bonds is 12. The Hall–Kier alpha value is -3.02. The highest BCUT2D eigenvalue weighted by molar-refractivity contribution is 7.87. The number of nitrogens with one attached hydrogen (secondary N) is 3. The highest BCUT2D eigenvalue weighted by atomic mass is 32.2. The normalized spacial score (nSPS) is 12.0. The minimum absolute atomic E-state index is 0.0766. The lowest BCUT2D eigenvalue weighted by molar-refractivity contribution is -0.123. The number of ether oxygens (including phenoxy) is 1. The Labute approximate surface area is 181 Å². The molecule has 1 heterocycles. The SMILES string of the molecule is NS(=O)(=O)NCCCC[C@H](NC(=O)OCc1ccccc1)C(=O)NCc1ccccn1. The summed E-state index contributed by atoms with van der Waals surface area (Å²) in [7, 11) is -3.76. The van der Waals surface area contributed by atoms with Crippen molar-refractivity contribution >= 4 is 22.2 Å². The number of hydrogen-bond acceptors (Lipinski definition) is 6. The molecule has 31 heavy (non-hydrogen) atoms. The molecule has 11 heteroatoms. The number of nitrogens with two attached hydrogens (primary N) is 1. The molecule has 168 valence electrons. The fraction of sp³-hybridized carbons (Fsp3) is 0.350. The van der Waals surface area contributed by atoms with Gasteiger partial charge >= 0.3 is 6.09 Å². The third kappa shape index (κ3) is 10.5. The predicted molar refractivity (Wildman–Crippen MR) is 115 cm³/mol. The van der Waals surface area contributed by atoms with E-state index in [0.29, 0.717) is 25.0 Å². The lowest BCUT2D eigenvalue weighted by atomic mass is 10.1. The van der Waals surface area contributed by atoms with Crippen LogP contribution in [0.15, 0.2) is 54.7 Å². The molecule has 1 atom stereocenters. The summed E-state index contributed by atoms with van der Waals surface area (Å²) >= 11 is 0. The van der Waals surface area contributed by atoms with Gasteiger partial charge in [0, 0.05) is 12.7 Å². The Kier molecular flexibility index (Phi) is 9.88. The van der Waals surface area contributed by atoms with Crippen molar-refractivity contribution in [2.24, 2.45) is 5.14 Å². The van der Waals surface area contributed by atoms with Crippen molar-refractivity contribution in [2.45, 2.75) is 38.5 Å². The molecule has 0 aliphatic rings. The minimum atomic E-state index is -3.76. The van der Waals surface area contributed by atoms with Gasteiger partial charge in [0.15, 0.2) is 0 Å². The van der Waals surface area contributed by atoms with Gasteiger partial charge in [-0.05, 0) is 37.0 Å². The van der Waals surface area contributed by atoms with E-state index in [1.807, 2.05) is 36.4 Å². The fourth-order valence-corrected chi connectivity index (χ4v) is 3.10. The molecule has 2 aromatic rings. The Morgan fingerprint density at radius 2 is 1.81 bits per heavy atom. The van der Waals surface area contributed by atoms with Crippen LogP contribution in [0.2, 0.25) is 0 Å². The van der Waals surface area contributed by atoms with Gasteiger partial charge in [-0.25, -0.2) is 14.7 Å². The largest absolute Gasteiger partial charge is 0.445 e. The molecule has 0 saturated carbocycles. The van der Waals surface area contributed by atoms with Crippen molar-refractivity contribution in [1.29, 1.82) is 0 Å². The van der Waals surface area contributed by atoms with Crippen LogP contribution < -0.4 is 20.5 Å². The Morgan fingerprint density at radius 3 is 2.48 bits per heavy atom. The van der Waals surface area contributed by atoms with Crippen LogP contribution in [0.5, 0.6) is 0 Å². The van der Waals surface area contributed by atoms with Crippen LogP contribution in [0.3, 0.4) is 0 Å². The third-order valence-electron chi connectivity index (χ3n) is 4.21. The molecule has 1 aromatic heterocycles. The highest BCUT2D eigenvalue weighted by Gasteiger charge is 2.21. The second-order valence-electron chi connectivity index (χ2n) is 6.73. The van der Waals surface area contributed by atoms with E-state index in [0.717, 1.165) is 5.56 Å². The minimum Gasteiger partial charge on any atom is -0.445 e. The molecular weight excluding hydrogens is 422 g/mol. The summed E-state index contributed by atoms with van der Waals surface area (Å²) < 4.78 is 29.2. The number of hydrogen-bond donors (Lipinski definition) is 4. The zero-order valence-corrected chi connectivity index (χ0v) is 17.8. The molecule has 0 saturated heterocycles. The molecule has 10 nitrogen and oxygen atoms in total. The standard InChI is InChI=1S/C20H27N5O5S/c21-31(28,29)24-13-7-5-11-18(19(26)23-14-17-10-4-6-12-22-17)25-20(27)30-15-16-8-2-1-3-9-16/h1-4,6,8-10,12,18,24H,5,7,11,13-15H2,(H,23,26)(H,25,27)(H2,21,28,29)/t18-/m0/s1. The van der Waals surface area contributed by atoms with Gasteiger partial charge < -0.3 is 15.4 Å². The monoisotopic (exact) mass is 449 g/mol. The maximum absolute atomic E-state index is 12.6. The van der Waals surface area contributed by atoms with Crippen molar-refractivity contribution in [3.05, 3.63) is 66.0 Å². The molecule has 1 aromatic carbocycles. The molecule has 0 aliphatic carbocycles. The van der Waals surface area contributed by atoms with Gasteiger partial charge in [-0.3, -0.25) is 9.78 Å². The Balaban J connectivity index is 1.86. The van der Waals surface area contributed by atoms with Gasteiger partial charge in [0.25, 0.3) is 10.2 Å². The second-order valence-corrected chi connectivity index (χ2v) is 8.11. The topological polar surface area (TPSA) is 153 Å². The van der Waals surface area contributed by atoms with E-state index >= 15 is 0 Å². The van der Waals surface area contributed by atoms with Crippen molar-refractivity contribution in [3.8, 4) is 0 Å². The van der Waals surface area contributed by atoms with Crippen LogP contribution in [0.1, 0.15) is 30.5 Å². The summed E-state index contributed by atoms with van der Waals surface area (Å²) in [5, 5.41) is 10.2. The zero-order chi connectivity index (χ0) is 22.5. The number of nitrogens with zero attached hydrogens (tertiary/aromatic N) is 1. The summed E-state index contributed by atoms with van der Waals surface area (Å²) in [4.78, 5) is 28.9. The summed E-state index contributed by atoms with van der Waals surface area (Å²) in [5.41, 5.74) is 1.50. The summed E-state index contributed by atoms with van der Waals surface area (Å²) in [6.07, 6.45) is 2.12. The van der Waals surface area contributed by atoms with E-state index < -0.39 is 22.3 Å². The molecule has 5 N–H and O–H groups in total. The lowest BCUT2D eigenvalue weighted by Crippen LogP contribution is -2.46. The number of benzene rings is 1. The number of amides is 2. The van der Waals surface area contributed by atoms with Gasteiger partial charge in [0.1, 0.15) is 12.6 Å². The molecule has 2 amide bonds. The smallest absolute Gasteiger partial charge is 0.408 e. The number of unbranched alkanes of at least 4 members (excludes halogenated alkanes) is 1. The number of aromatic nitrogens is 1. The maximum Gasteiger partial charge on any atom is 0.408 e. The first kappa shape index (κ1) is 24.3. The van der Waals surface area contributed by atoms with Crippen LogP contribution in [0.4, 0.5) is 4.79 Å². The second kappa shape index (κ2) is 12.6. The van der Waals surface area contributed by atoms with Crippen LogP contribution in [-0.4, -0.2) is 38.0 Å². The van der Waals surface area contributed by atoms with Crippen molar-refractivity contribution < 1.29 is 22.7 Å². The summed E-state index contributed by atoms with van der Waals surface area (Å²) in [6, 6.07) is 13.7. The molecule has 0 spiro atoms. The van der Waals surface area contributed by atoms with E-state index in [1.165, 1.54) is 0 Å². The van der Waals surface area contributed by atoms with Crippen molar-refractivity contribution in [2.75, 3.05) is 6.54 Å². The lowest BCUT2D eigenvalue weighted by Gasteiger charge is -2.18. The number of alkyl carbamates (subject to hydrolysis) is 1. The quantitative estimate of drug-likeness (QED) is 0.354. The van der Waals surface area contributed by atoms with Crippen LogP contribution in [-0.2, 0) is 32.9 Å². The van der Waals surface area contributed by atoms with Gasteiger partial charge in [-0.1, -0.05) is 36.4 Å². The van der Waals surface area contributed by atoms with Gasteiger partial charge in [-0.2, -0.15) is 8.42 Å². The van der Waals surface area contributed by atoms with Crippen LogP contribution in [0.25, 0.3) is 0 Å². The van der Waals surface area contributed by atoms with E-state index in [4.69, 9.17) is 9.88 Å². The van der Waals surface area contributed by atoms with E-state index in [9.17, 15) is 18.0 Å². The molecule has 0 unspecified atom stereocenters. The third-order valence-corrected chi connectivity index (χ3v) is 4.82. The first-order valence-corrected chi connectivity index (χ1v) is 11.3. The first-order chi connectivity index (χ1) is 14.8. The van der Waals surface area contributed by atoms with E-state index in [-0.39, 0.29) is 25.6 Å². The molecule has 0 fully saturated rings. The van der Waals surface area contributed by atoms with Crippen molar-refractivity contribution in [1.82, 2.24) is 20.3 Å². The average Bonchev–Trinajstić information content (AvgIpc) is 2.75. The summed E-state index contributed by atoms with van der Waals surface area (Å²) in [5.74, 6) is -0.387. The van der Waals surface area contributed by atoms with E-state index in [2.05, 4.69) is 20.3 Å². The number of carbonyl (C=O) groups is 2. The van der Waals surface area contributed by atoms with Crippen molar-refractivity contribution in [3.63, 3.8) is 0 Å².